The van der Waals surface area contributed by atoms with Crippen molar-refractivity contribution in [2.75, 3.05) is 19.6 Å². The third kappa shape index (κ3) is 4.92. The average molecular weight is 294 g/mol. The maximum absolute atomic E-state index is 12.0. The Labute approximate surface area is 121 Å². The molecule has 5 heteroatoms. The van der Waals surface area contributed by atoms with Crippen LogP contribution in [0.5, 0.6) is 0 Å². The molecule has 2 heterocycles. The van der Waals surface area contributed by atoms with Crippen molar-refractivity contribution < 1.29 is 13.2 Å². The second kappa shape index (κ2) is 7.64. The first-order valence-corrected chi connectivity index (χ1v) is 7.91. The zero-order chi connectivity index (χ0) is 15.3. The number of piperidine rings is 2. The minimum atomic E-state index is -4.01. The molecule has 1 saturated carbocycles. The van der Waals surface area contributed by atoms with Crippen LogP contribution in [0, 0.1) is 11.8 Å². The Morgan fingerprint density at radius 3 is 2.15 bits per heavy atom. The zero-order valence-electron chi connectivity index (χ0n) is 13.1. The average Bonchev–Trinajstić information content (AvgIpc) is 2.39. The van der Waals surface area contributed by atoms with Crippen LogP contribution in [-0.2, 0) is 0 Å². The highest BCUT2D eigenvalue weighted by Gasteiger charge is 2.46. The molecule has 3 aliphatic rings. The van der Waals surface area contributed by atoms with E-state index in [9.17, 15) is 13.2 Å². The standard InChI is InChI=1S/C13H23F3N2.C2H6/c1-9(2)18-7-10-6-11(8-18)12(10)17-5-3-4-13(14,15)16;1-2/h9-12,17H,3-8H2,1-2H3;1-2H3. The molecule has 1 aliphatic carbocycles. The topological polar surface area (TPSA) is 15.3 Å². The Morgan fingerprint density at radius 1 is 1.15 bits per heavy atom. The van der Waals surface area contributed by atoms with Crippen molar-refractivity contribution in [1.82, 2.24) is 10.2 Å². The highest BCUT2D eigenvalue weighted by atomic mass is 19.4. The Morgan fingerprint density at radius 2 is 1.70 bits per heavy atom. The first-order chi connectivity index (χ1) is 9.37. The minimum Gasteiger partial charge on any atom is -0.313 e. The summed E-state index contributed by atoms with van der Waals surface area (Å²) in [6.07, 6.45) is -3.22. The second-order valence-corrected chi connectivity index (χ2v) is 6.00. The molecule has 2 saturated heterocycles. The predicted molar refractivity (Wildman–Crippen MR) is 76.7 cm³/mol. The molecule has 0 aromatic heterocycles. The molecule has 0 amide bonds. The Kier molecular flexibility index (Phi) is 6.79. The summed E-state index contributed by atoms with van der Waals surface area (Å²) >= 11 is 0. The van der Waals surface area contributed by atoms with E-state index in [0.717, 1.165) is 13.1 Å². The van der Waals surface area contributed by atoms with Gasteiger partial charge in [0.15, 0.2) is 0 Å². The molecule has 2 unspecified atom stereocenters. The summed E-state index contributed by atoms with van der Waals surface area (Å²) in [6.45, 7) is 11.1. The molecule has 0 aromatic rings. The lowest BCUT2D eigenvalue weighted by atomic mass is 9.66. The van der Waals surface area contributed by atoms with Crippen LogP contribution in [0.1, 0.15) is 47.0 Å². The third-order valence-electron chi connectivity index (χ3n) is 4.31. The van der Waals surface area contributed by atoms with Gasteiger partial charge in [-0.05, 0) is 45.1 Å². The van der Waals surface area contributed by atoms with Crippen LogP contribution in [-0.4, -0.2) is 42.8 Å². The second-order valence-electron chi connectivity index (χ2n) is 6.00. The van der Waals surface area contributed by atoms with Gasteiger partial charge in [-0.15, -0.1) is 0 Å². The summed E-state index contributed by atoms with van der Waals surface area (Å²) in [5.74, 6) is 1.30. The lowest BCUT2D eigenvalue weighted by molar-refractivity contribution is -0.135. The highest BCUT2D eigenvalue weighted by molar-refractivity contribution is 5.02. The maximum Gasteiger partial charge on any atom is 0.389 e. The van der Waals surface area contributed by atoms with Gasteiger partial charge >= 0.3 is 6.18 Å². The molecule has 2 bridgehead atoms. The van der Waals surface area contributed by atoms with Crippen LogP contribution >= 0.6 is 0 Å². The summed E-state index contributed by atoms with van der Waals surface area (Å²) in [5.41, 5.74) is 0. The van der Waals surface area contributed by atoms with Crippen molar-refractivity contribution in [2.24, 2.45) is 11.8 Å². The van der Waals surface area contributed by atoms with Crippen LogP contribution in [0.4, 0.5) is 13.2 Å². The van der Waals surface area contributed by atoms with Crippen LogP contribution in [0.25, 0.3) is 0 Å². The smallest absolute Gasteiger partial charge is 0.313 e. The van der Waals surface area contributed by atoms with E-state index in [0.29, 0.717) is 30.5 Å². The van der Waals surface area contributed by atoms with E-state index in [1.165, 1.54) is 6.42 Å². The summed E-state index contributed by atoms with van der Waals surface area (Å²) in [5, 5.41) is 3.33. The number of nitrogens with zero attached hydrogens (tertiary/aromatic N) is 1. The minimum absolute atomic E-state index is 0.202. The number of fused-ring (bicyclic) bond motifs is 2. The lowest BCUT2D eigenvalue weighted by Gasteiger charge is -2.55. The lowest BCUT2D eigenvalue weighted by Crippen LogP contribution is -2.64. The molecular formula is C15H29F3N2. The molecule has 0 radical (unpaired) electrons. The molecule has 3 rings (SSSR count). The van der Waals surface area contributed by atoms with Gasteiger partial charge in [0.25, 0.3) is 0 Å². The summed E-state index contributed by atoms with van der Waals surface area (Å²) < 4.78 is 36.0. The molecule has 0 aromatic carbocycles. The van der Waals surface area contributed by atoms with Gasteiger partial charge in [0.05, 0.1) is 0 Å². The van der Waals surface area contributed by atoms with E-state index in [2.05, 4.69) is 24.1 Å². The first kappa shape index (κ1) is 17.8. The molecule has 120 valence electrons. The van der Waals surface area contributed by atoms with Crippen LogP contribution in [0.15, 0.2) is 0 Å². The molecule has 2 atom stereocenters. The van der Waals surface area contributed by atoms with E-state index in [1.807, 2.05) is 13.8 Å². The van der Waals surface area contributed by atoms with E-state index in [-0.39, 0.29) is 6.42 Å². The normalized spacial score (nSPS) is 29.7. The van der Waals surface area contributed by atoms with Gasteiger partial charge < -0.3 is 10.2 Å². The van der Waals surface area contributed by atoms with Crippen LogP contribution in [0.3, 0.4) is 0 Å². The fourth-order valence-electron chi connectivity index (χ4n) is 3.24. The highest BCUT2D eigenvalue weighted by Crippen LogP contribution is 2.40. The fourth-order valence-corrected chi connectivity index (χ4v) is 3.24. The van der Waals surface area contributed by atoms with E-state index in [1.54, 1.807) is 0 Å². The van der Waals surface area contributed by atoms with Crippen molar-refractivity contribution in [3.8, 4) is 0 Å². The fraction of sp³-hybridized carbons (Fsp3) is 1.00. The summed E-state index contributed by atoms with van der Waals surface area (Å²) in [7, 11) is 0. The number of alkyl halides is 3. The van der Waals surface area contributed by atoms with Crippen molar-refractivity contribution in [3.05, 3.63) is 0 Å². The van der Waals surface area contributed by atoms with Crippen LogP contribution in [0.2, 0.25) is 0 Å². The van der Waals surface area contributed by atoms with Gasteiger partial charge in [-0.2, -0.15) is 13.2 Å². The van der Waals surface area contributed by atoms with Gasteiger partial charge in [0, 0.05) is 31.6 Å². The van der Waals surface area contributed by atoms with Crippen molar-refractivity contribution in [3.63, 3.8) is 0 Å². The quantitative estimate of drug-likeness (QED) is 0.778. The molecule has 2 nitrogen and oxygen atoms in total. The third-order valence-corrected chi connectivity index (χ3v) is 4.31. The van der Waals surface area contributed by atoms with Gasteiger partial charge in [-0.3, -0.25) is 0 Å². The van der Waals surface area contributed by atoms with Crippen molar-refractivity contribution in [2.45, 2.75) is 65.2 Å². The monoisotopic (exact) mass is 294 g/mol. The number of halogens is 3. The van der Waals surface area contributed by atoms with Crippen molar-refractivity contribution >= 4 is 0 Å². The van der Waals surface area contributed by atoms with Gasteiger partial charge in [0.2, 0.25) is 0 Å². The molecule has 0 spiro atoms. The summed E-state index contributed by atoms with van der Waals surface area (Å²) in [4.78, 5) is 2.48. The Balaban J connectivity index is 0.000000956. The molecule has 3 fully saturated rings. The zero-order valence-corrected chi connectivity index (χ0v) is 13.1. The predicted octanol–water partition coefficient (Wildman–Crippen LogP) is 3.67. The Bertz CT molecular complexity index is 267. The SMILES string of the molecule is CC.CC(C)N1CC2CC(C1)C2NCCCC(F)(F)F. The van der Waals surface area contributed by atoms with E-state index in [4.69, 9.17) is 0 Å². The van der Waals surface area contributed by atoms with Gasteiger partial charge in [-0.1, -0.05) is 13.8 Å². The first-order valence-electron chi connectivity index (χ1n) is 7.91. The summed E-state index contributed by atoms with van der Waals surface area (Å²) in [6, 6.07) is 1.05. The molecule has 1 N–H and O–H groups in total. The van der Waals surface area contributed by atoms with Gasteiger partial charge in [-0.25, -0.2) is 0 Å². The van der Waals surface area contributed by atoms with Crippen molar-refractivity contribution in [1.29, 1.82) is 0 Å². The number of rotatable bonds is 5. The molecular weight excluding hydrogens is 265 g/mol. The maximum atomic E-state index is 12.0. The van der Waals surface area contributed by atoms with E-state index >= 15 is 0 Å². The molecule has 20 heavy (non-hydrogen) atoms. The number of nitrogens with one attached hydrogen (secondary N) is 1. The largest absolute Gasteiger partial charge is 0.389 e. The number of hydrogen-bond acceptors (Lipinski definition) is 2. The Hall–Kier alpha value is -0.290. The molecule has 2 aliphatic heterocycles. The number of hydrogen-bond donors (Lipinski definition) is 1. The van der Waals surface area contributed by atoms with Gasteiger partial charge in [0.1, 0.15) is 0 Å². The van der Waals surface area contributed by atoms with Crippen LogP contribution < -0.4 is 5.32 Å². The van der Waals surface area contributed by atoms with E-state index < -0.39 is 12.6 Å².